The standard InChI is InChI=1S/C13H4Cl2O4S/c14-8-9(15)13-7(11(17)12(8)18)6(3-19-13)10(16)5-1-2-20-4-5/h1-4H. The zero-order chi connectivity index (χ0) is 14.4. The van der Waals surface area contributed by atoms with E-state index in [0.717, 1.165) is 6.26 Å². The Morgan fingerprint density at radius 1 is 1.15 bits per heavy atom. The van der Waals surface area contributed by atoms with Crippen LogP contribution in [0.2, 0.25) is 0 Å². The van der Waals surface area contributed by atoms with Crippen molar-refractivity contribution in [3.63, 3.8) is 0 Å². The van der Waals surface area contributed by atoms with Crippen molar-refractivity contribution in [1.82, 2.24) is 0 Å². The van der Waals surface area contributed by atoms with Crippen LogP contribution in [0.3, 0.4) is 0 Å². The first kappa shape index (κ1) is 13.3. The van der Waals surface area contributed by atoms with Crippen LogP contribution >= 0.6 is 34.5 Å². The van der Waals surface area contributed by atoms with Crippen molar-refractivity contribution in [2.45, 2.75) is 0 Å². The van der Waals surface area contributed by atoms with E-state index in [1.165, 1.54) is 11.3 Å². The smallest absolute Gasteiger partial charge is 0.246 e. The lowest BCUT2D eigenvalue weighted by Crippen LogP contribution is -2.22. The summed E-state index contributed by atoms with van der Waals surface area (Å²) in [6, 6.07) is 1.62. The summed E-state index contributed by atoms with van der Waals surface area (Å²) in [4.78, 5) is 35.9. The molecule has 0 amide bonds. The fourth-order valence-electron chi connectivity index (χ4n) is 1.87. The molecule has 0 aromatic carbocycles. The Hall–Kier alpha value is -1.69. The third-order valence-corrected chi connectivity index (χ3v) is 4.34. The molecular weight excluding hydrogens is 323 g/mol. The highest BCUT2D eigenvalue weighted by Crippen LogP contribution is 2.37. The Kier molecular flexibility index (Phi) is 3.12. The molecule has 2 heterocycles. The number of hydrogen-bond acceptors (Lipinski definition) is 5. The maximum atomic E-state index is 12.3. The van der Waals surface area contributed by atoms with Gasteiger partial charge in [0.25, 0.3) is 0 Å². The Morgan fingerprint density at radius 3 is 2.55 bits per heavy atom. The van der Waals surface area contributed by atoms with Gasteiger partial charge in [0.1, 0.15) is 16.3 Å². The van der Waals surface area contributed by atoms with E-state index in [-0.39, 0.29) is 21.9 Å². The van der Waals surface area contributed by atoms with Crippen molar-refractivity contribution >= 4 is 56.9 Å². The minimum atomic E-state index is -0.940. The van der Waals surface area contributed by atoms with Gasteiger partial charge in [-0.15, -0.1) is 0 Å². The molecule has 0 saturated heterocycles. The SMILES string of the molecule is O=C1C(=O)c2c(C(=O)c3ccsc3)coc2C(Cl)=C1Cl. The summed E-state index contributed by atoms with van der Waals surface area (Å²) in [6.07, 6.45) is 1.12. The normalized spacial score (nSPS) is 14.7. The van der Waals surface area contributed by atoms with Crippen molar-refractivity contribution in [2.75, 3.05) is 0 Å². The molecule has 20 heavy (non-hydrogen) atoms. The van der Waals surface area contributed by atoms with Crippen molar-refractivity contribution in [3.05, 3.63) is 50.6 Å². The number of allylic oxidation sites excluding steroid dienone is 1. The van der Waals surface area contributed by atoms with Crippen LogP contribution < -0.4 is 0 Å². The Bertz CT molecular complexity index is 783. The Labute approximate surface area is 126 Å². The molecular formula is C13H4Cl2O4S. The van der Waals surface area contributed by atoms with Crippen LogP contribution in [0.4, 0.5) is 0 Å². The maximum Gasteiger partial charge on any atom is 0.246 e. The molecule has 0 bridgehead atoms. The van der Waals surface area contributed by atoms with Gasteiger partial charge in [0.2, 0.25) is 11.6 Å². The first-order valence-electron chi connectivity index (χ1n) is 5.35. The Balaban J connectivity index is 2.20. The summed E-state index contributed by atoms with van der Waals surface area (Å²) in [6.45, 7) is 0. The third-order valence-electron chi connectivity index (χ3n) is 2.84. The van der Waals surface area contributed by atoms with E-state index in [1.807, 2.05) is 0 Å². The van der Waals surface area contributed by atoms with Crippen molar-refractivity contribution in [1.29, 1.82) is 0 Å². The summed E-state index contributed by atoms with van der Waals surface area (Å²) in [5, 5.41) is 2.82. The van der Waals surface area contributed by atoms with Gasteiger partial charge in [-0.25, -0.2) is 0 Å². The Morgan fingerprint density at radius 2 is 1.90 bits per heavy atom. The van der Waals surface area contributed by atoms with E-state index in [1.54, 1.807) is 16.8 Å². The van der Waals surface area contributed by atoms with Crippen LogP contribution in [0, 0.1) is 0 Å². The second-order valence-electron chi connectivity index (χ2n) is 3.98. The van der Waals surface area contributed by atoms with Gasteiger partial charge >= 0.3 is 0 Å². The second kappa shape index (κ2) is 4.70. The lowest BCUT2D eigenvalue weighted by Gasteiger charge is -2.09. The van der Waals surface area contributed by atoms with Gasteiger partial charge in [0.15, 0.2) is 11.5 Å². The van der Waals surface area contributed by atoms with Crippen LogP contribution in [0.15, 0.2) is 32.5 Å². The average Bonchev–Trinajstić information content (AvgIpc) is 3.10. The summed E-state index contributed by atoms with van der Waals surface area (Å²) in [5.41, 5.74) is 0.301. The quantitative estimate of drug-likeness (QED) is 0.626. The van der Waals surface area contributed by atoms with Gasteiger partial charge in [0, 0.05) is 10.9 Å². The molecule has 0 spiro atoms. The molecule has 2 aromatic rings. The highest BCUT2D eigenvalue weighted by Gasteiger charge is 2.38. The summed E-state index contributed by atoms with van der Waals surface area (Å²) in [5.74, 6) is -2.27. The van der Waals surface area contributed by atoms with E-state index in [2.05, 4.69) is 0 Å². The molecule has 0 N–H and O–H groups in total. The van der Waals surface area contributed by atoms with Gasteiger partial charge in [0.05, 0.1) is 11.1 Å². The van der Waals surface area contributed by atoms with Gasteiger partial charge in [-0.2, -0.15) is 11.3 Å². The molecule has 3 rings (SSSR count). The molecule has 0 atom stereocenters. The number of thiophene rings is 1. The molecule has 1 aliphatic carbocycles. The molecule has 0 unspecified atom stereocenters. The van der Waals surface area contributed by atoms with E-state index < -0.39 is 22.4 Å². The first-order valence-corrected chi connectivity index (χ1v) is 7.05. The van der Waals surface area contributed by atoms with Crippen LogP contribution in [0.1, 0.15) is 32.0 Å². The summed E-state index contributed by atoms with van der Waals surface area (Å²) >= 11 is 12.9. The average molecular weight is 327 g/mol. The number of ketones is 3. The van der Waals surface area contributed by atoms with Crippen LogP contribution in [-0.2, 0) is 4.79 Å². The molecule has 4 nitrogen and oxygen atoms in total. The largest absolute Gasteiger partial charge is 0.462 e. The fraction of sp³-hybridized carbons (Fsp3) is 0. The number of carbonyl (C=O) groups is 3. The molecule has 0 fully saturated rings. The summed E-state index contributed by atoms with van der Waals surface area (Å²) < 4.78 is 5.14. The fourth-order valence-corrected chi connectivity index (χ4v) is 2.91. The van der Waals surface area contributed by atoms with Crippen molar-refractivity contribution < 1.29 is 18.8 Å². The highest BCUT2D eigenvalue weighted by molar-refractivity contribution is 7.08. The molecule has 2 aromatic heterocycles. The van der Waals surface area contributed by atoms with Crippen LogP contribution in [0.5, 0.6) is 0 Å². The number of carbonyl (C=O) groups excluding carboxylic acids is 3. The number of fused-ring (bicyclic) bond motifs is 1. The van der Waals surface area contributed by atoms with Gasteiger partial charge < -0.3 is 4.42 Å². The number of hydrogen-bond donors (Lipinski definition) is 0. The van der Waals surface area contributed by atoms with E-state index >= 15 is 0 Å². The van der Waals surface area contributed by atoms with Gasteiger partial charge in [-0.1, -0.05) is 23.2 Å². The first-order chi connectivity index (χ1) is 9.52. The zero-order valence-electron chi connectivity index (χ0n) is 9.61. The number of halogens is 2. The predicted octanol–water partition coefficient (Wildman–Crippen LogP) is 3.48. The monoisotopic (exact) mass is 326 g/mol. The second-order valence-corrected chi connectivity index (χ2v) is 5.52. The van der Waals surface area contributed by atoms with Gasteiger partial charge in [-0.3, -0.25) is 14.4 Å². The number of rotatable bonds is 2. The molecule has 100 valence electrons. The van der Waals surface area contributed by atoms with Gasteiger partial charge in [-0.05, 0) is 11.4 Å². The molecule has 0 saturated carbocycles. The highest BCUT2D eigenvalue weighted by atomic mass is 35.5. The lowest BCUT2D eigenvalue weighted by atomic mass is 9.94. The molecule has 1 aliphatic rings. The third kappa shape index (κ3) is 1.78. The lowest BCUT2D eigenvalue weighted by molar-refractivity contribution is -0.111. The predicted molar refractivity (Wildman–Crippen MR) is 74.4 cm³/mol. The minimum absolute atomic E-state index is 0.0130. The van der Waals surface area contributed by atoms with E-state index in [4.69, 9.17) is 27.6 Å². The topological polar surface area (TPSA) is 64.3 Å². The molecule has 7 heteroatoms. The van der Waals surface area contributed by atoms with Crippen molar-refractivity contribution in [3.8, 4) is 0 Å². The maximum absolute atomic E-state index is 12.3. The summed E-state index contributed by atoms with van der Waals surface area (Å²) in [7, 11) is 0. The number of Topliss-reactive ketones (excluding diaryl/α,β-unsaturated/α-hetero) is 2. The number of furan rings is 1. The zero-order valence-corrected chi connectivity index (χ0v) is 11.9. The van der Waals surface area contributed by atoms with E-state index in [9.17, 15) is 14.4 Å². The van der Waals surface area contributed by atoms with Crippen LogP contribution in [0.25, 0.3) is 5.03 Å². The van der Waals surface area contributed by atoms with Crippen molar-refractivity contribution in [2.24, 2.45) is 0 Å². The van der Waals surface area contributed by atoms with E-state index in [0.29, 0.717) is 5.56 Å². The molecule has 0 radical (unpaired) electrons. The molecule has 0 aliphatic heterocycles. The minimum Gasteiger partial charge on any atom is -0.462 e. The van der Waals surface area contributed by atoms with Crippen LogP contribution in [-0.4, -0.2) is 17.3 Å².